The van der Waals surface area contributed by atoms with E-state index in [-0.39, 0.29) is 5.75 Å². The third-order valence-corrected chi connectivity index (χ3v) is 3.12. The number of nitrogens with one attached hydrogen (secondary N) is 1. The van der Waals surface area contributed by atoms with Crippen molar-refractivity contribution in [2.45, 2.75) is 6.54 Å². The van der Waals surface area contributed by atoms with Gasteiger partial charge in [0.15, 0.2) is 11.5 Å². The first kappa shape index (κ1) is 12.0. The number of imidazole rings is 1. The Bertz CT molecular complexity index is 708. The number of aromatic nitrogens is 3. The molecule has 1 aromatic carbocycles. The van der Waals surface area contributed by atoms with Gasteiger partial charge >= 0.3 is 0 Å². The fourth-order valence-corrected chi connectivity index (χ4v) is 2.22. The Hall–Kier alpha value is -2.08. The number of halogens is 1. The van der Waals surface area contributed by atoms with Crippen molar-refractivity contribution in [1.82, 2.24) is 14.4 Å². The lowest BCUT2D eigenvalue weighted by Gasteiger charge is -2.07. The predicted octanol–water partition coefficient (Wildman–Crippen LogP) is 2.81. The van der Waals surface area contributed by atoms with Crippen molar-refractivity contribution >= 4 is 27.4 Å². The van der Waals surface area contributed by atoms with Crippen LogP contribution >= 0.6 is 15.9 Å². The number of aromatic hydroxyl groups is 1. The van der Waals surface area contributed by atoms with Crippen molar-refractivity contribution in [3.05, 3.63) is 53.0 Å². The fraction of sp³-hybridized carbons (Fsp3) is 0.0769. The third kappa shape index (κ3) is 2.53. The number of nitrogens with zero attached hydrogens (tertiary/aromatic N) is 3. The molecule has 0 unspecified atom stereocenters. The van der Waals surface area contributed by atoms with Gasteiger partial charge in [-0.2, -0.15) is 0 Å². The van der Waals surface area contributed by atoms with E-state index in [1.54, 1.807) is 18.3 Å². The van der Waals surface area contributed by atoms with E-state index in [0.29, 0.717) is 12.4 Å². The molecule has 96 valence electrons. The van der Waals surface area contributed by atoms with Crippen LogP contribution < -0.4 is 5.32 Å². The lowest BCUT2D eigenvalue weighted by molar-refractivity contribution is 0.475. The topological polar surface area (TPSA) is 62.5 Å². The van der Waals surface area contributed by atoms with Gasteiger partial charge in [-0.05, 0) is 33.6 Å². The average Bonchev–Trinajstić information content (AvgIpc) is 2.85. The standard InChI is InChI=1S/C13H11BrN4O/c14-11-8-18-6-5-15-13(18)12(17-11)16-7-9-1-3-10(19)4-2-9/h1-6,8,19H,7H2,(H,16,17). The minimum absolute atomic E-state index is 0.264. The monoisotopic (exact) mass is 318 g/mol. The van der Waals surface area contributed by atoms with E-state index < -0.39 is 0 Å². The van der Waals surface area contributed by atoms with Crippen LogP contribution in [0.4, 0.5) is 5.82 Å². The smallest absolute Gasteiger partial charge is 0.180 e. The highest BCUT2D eigenvalue weighted by Gasteiger charge is 2.05. The van der Waals surface area contributed by atoms with Gasteiger partial charge in [0.25, 0.3) is 0 Å². The summed E-state index contributed by atoms with van der Waals surface area (Å²) in [6.45, 7) is 0.617. The average molecular weight is 319 g/mol. The van der Waals surface area contributed by atoms with Crippen LogP contribution in [0.25, 0.3) is 5.65 Å². The Labute approximate surface area is 118 Å². The van der Waals surface area contributed by atoms with Crippen LogP contribution in [-0.4, -0.2) is 19.5 Å². The third-order valence-electron chi connectivity index (χ3n) is 2.74. The first-order valence-electron chi connectivity index (χ1n) is 5.73. The summed E-state index contributed by atoms with van der Waals surface area (Å²) in [7, 11) is 0. The summed E-state index contributed by atoms with van der Waals surface area (Å²) in [4.78, 5) is 8.64. The molecule has 0 amide bonds. The van der Waals surface area contributed by atoms with Crippen LogP contribution in [0.1, 0.15) is 5.56 Å². The quantitative estimate of drug-likeness (QED) is 0.779. The molecule has 0 aliphatic heterocycles. The van der Waals surface area contributed by atoms with Gasteiger partial charge in [-0.1, -0.05) is 12.1 Å². The van der Waals surface area contributed by atoms with Crippen molar-refractivity contribution in [3.8, 4) is 5.75 Å². The van der Waals surface area contributed by atoms with E-state index in [9.17, 15) is 5.11 Å². The lowest BCUT2D eigenvalue weighted by atomic mass is 10.2. The molecule has 0 radical (unpaired) electrons. The van der Waals surface area contributed by atoms with Crippen molar-refractivity contribution in [2.75, 3.05) is 5.32 Å². The molecule has 0 atom stereocenters. The molecule has 0 aliphatic carbocycles. The number of phenols is 1. The number of phenolic OH excluding ortho intramolecular Hbond substituents is 1. The van der Waals surface area contributed by atoms with Crippen LogP contribution in [-0.2, 0) is 6.54 Å². The zero-order valence-corrected chi connectivity index (χ0v) is 11.5. The van der Waals surface area contributed by atoms with Crippen LogP contribution in [0.5, 0.6) is 5.75 Å². The fourth-order valence-electron chi connectivity index (χ4n) is 1.82. The van der Waals surface area contributed by atoms with Gasteiger partial charge in [0.05, 0.1) is 0 Å². The highest BCUT2D eigenvalue weighted by molar-refractivity contribution is 9.10. The van der Waals surface area contributed by atoms with E-state index in [2.05, 4.69) is 31.2 Å². The van der Waals surface area contributed by atoms with E-state index in [4.69, 9.17) is 0 Å². The summed E-state index contributed by atoms with van der Waals surface area (Å²) in [5.41, 5.74) is 1.84. The van der Waals surface area contributed by atoms with E-state index in [1.807, 2.05) is 28.9 Å². The molecule has 0 spiro atoms. The maximum atomic E-state index is 9.24. The minimum atomic E-state index is 0.264. The second kappa shape index (κ2) is 4.89. The van der Waals surface area contributed by atoms with Crippen LogP contribution in [0.2, 0.25) is 0 Å². The Kier molecular flexibility index (Phi) is 3.08. The molecule has 0 saturated heterocycles. The molecule has 2 heterocycles. The Morgan fingerprint density at radius 3 is 2.84 bits per heavy atom. The van der Waals surface area contributed by atoms with Gasteiger partial charge in [0, 0.05) is 25.1 Å². The van der Waals surface area contributed by atoms with Crippen molar-refractivity contribution in [3.63, 3.8) is 0 Å². The molecular weight excluding hydrogens is 308 g/mol. The first-order valence-corrected chi connectivity index (χ1v) is 6.53. The molecule has 0 saturated carbocycles. The summed E-state index contributed by atoms with van der Waals surface area (Å²) in [6, 6.07) is 7.05. The van der Waals surface area contributed by atoms with Crippen LogP contribution in [0.3, 0.4) is 0 Å². The Balaban J connectivity index is 1.85. The zero-order chi connectivity index (χ0) is 13.2. The molecule has 3 aromatic rings. The van der Waals surface area contributed by atoms with Gasteiger partial charge in [0.1, 0.15) is 10.4 Å². The Morgan fingerprint density at radius 2 is 2.05 bits per heavy atom. The summed E-state index contributed by atoms with van der Waals surface area (Å²) in [6.07, 6.45) is 5.46. The largest absolute Gasteiger partial charge is 0.508 e. The molecule has 2 aromatic heterocycles. The van der Waals surface area contributed by atoms with E-state index >= 15 is 0 Å². The maximum Gasteiger partial charge on any atom is 0.180 e. The lowest BCUT2D eigenvalue weighted by Crippen LogP contribution is -2.04. The Morgan fingerprint density at radius 1 is 1.26 bits per heavy atom. The molecular formula is C13H11BrN4O. The number of rotatable bonds is 3. The van der Waals surface area contributed by atoms with Gasteiger partial charge in [0.2, 0.25) is 0 Å². The van der Waals surface area contributed by atoms with Crippen molar-refractivity contribution in [1.29, 1.82) is 0 Å². The molecule has 6 heteroatoms. The molecule has 0 bridgehead atoms. The highest BCUT2D eigenvalue weighted by atomic mass is 79.9. The van der Waals surface area contributed by atoms with Crippen LogP contribution in [0.15, 0.2) is 47.5 Å². The van der Waals surface area contributed by atoms with Gasteiger partial charge in [-0.25, -0.2) is 9.97 Å². The SMILES string of the molecule is Oc1ccc(CNc2nc(Br)cn3ccnc23)cc1. The normalized spacial score (nSPS) is 10.8. The number of hydrogen-bond donors (Lipinski definition) is 2. The van der Waals surface area contributed by atoms with Crippen molar-refractivity contribution < 1.29 is 5.11 Å². The van der Waals surface area contributed by atoms with Gasteiger partial charge in [-0.3, -0.25) is 0 Å². The molecule has 2 N–H and O–H groups in total. The zero-order valence-electron chi connectivity index (χ0n) is 9.92. The van der Waals surface area contributed by atoms with Crippen molar-refractivity contribution in [2.24, 2.45) is 0 Å². The van der Waals surface area contributed by atoms with E-state index in [1.165, 1.54) is 0 Å². The van der Waals surface area contributed by atoms with Gasteiger partial charge < -0.3 is 14.8 Å². The number of benzene rings is 1. The van der Waals surface area contributed by atoms with Crippen LogP contribution in [0, 0.1) is 0 Å². The highest BCUT2D eigenvalue weighted by Crippen LogP contribution is 2.18. The molecule has 19 heavy (non-hydrogen) atoms. The molecule has 0 aliphatic rings. The summed E-state index contributed by atoms with van der Waals surface area (Å²) in [5, 5.41) is 12.5. The van der Waals surface area contributed by atoms with Gasteiger partial charge in [-0.15, -0.1) is 0 Å². The predicted molar refractivity (Wildman–Crippen MR) is 76.1 cm³/mol. The number of fused-ring (bicyclic) bond motifs is 1. The summed E-state index contributed by atoms with van der Waals surface area (Å²) < 4.78 is 2.64. The maximum absolute atomic E-state index is 9.24. The first-order chi connectivity index (χ1) is 9.22. The minimum Gasteiger partial charge on any atom is -0.508 e. The molecule has 5 nitrogen and oxygen atoms in total. The summed E-state index contributed by atoms with van der Waals surface area (Å²) >= 11 is 3.37. The van der Waals surface area contributed by atoms with E-state index in [0.717, 1.165) is 15.8 Å². The second-order valence-electron chi connectivity index (χ2n) is 4.09. The molecule has 3 rings (SSSR count). The number of anilines is 1. The number of hydrogen-bond acceptors (Lipinski definition) is 4. The second-order valence-corrected chi connectivity index (χ2v) is 4.90. The molecule has 0 fully saturated rings. The summed E-state index contributed by atoms with van der Waals surface area (Å²) in [5.74, 6) is 0.979.